The number of benzene rings is 2. The lowest BCUT2D eigenvalue weighted by atomic mass is 10.1. The van der Waals surface area contributed by atoms with E-state index in [1.165, 1.54) is 22.2 Å². The number of ether oxygens (including phenoxy) is 2. The fourth-order valence-electron chi connectivity index (χ4n) is 3.04. The summed E-state index contributed by atoms with van der Waals surface area (Å²) in [6.45, 7) is -0.0356. The van der Waals surface area contributed by atoms with Gasteiger partial charge in [-0.2, -0.15) is 5.10 Å². The molecule has 0 radical (unpaired) electrons. The molecule has 4 rings (SSSR count). The Labute approximate surface area is 175 Å². The van der Waals surface area contributed by atoms with E-state index in [4.69, 9.17) is 9.47 Å². The van der Waals surface area contributed by atoms with Crippen molar-refractivity contribution >= 4 is 33.3 Å². The van der Waals surface area contributed by atoms with Crippen molar-refractivity contribution in [1.29, 1.82) is 0 Å². The van der Waals surface area contributed by atoms with Crippen LogP contribution >= 0.6 is 11.3 Å². The molecule has 0 aliphatic heterocycles. The van der Waals surface area contributed by atoms with Gasteiger partial charge in [0.15, 0.2) is 16.6 Å². The van der Waals surface area contributed by atoms with E-state index in [1.807, 2.05) is 17.5 Å². The van der Waals surface area contributed by atoms with Crippen molar-refractivity contribution in [2.45, 2.75) is 6.54 Å². The van der Waals surface area contributed by atoms with Gasteiger partial charge in [0.05, 0.1) is 31.6 Å². The number of amides is 1. The Kier molecular flexibility index (Phi) is 5.44. The topological polar surface area (TPSA) is 95.3 Å². The summed E-state index contributed by atoms with van der Waals surface area (Å²) in [5, 5.41) is 9.70. The molecule has 0 unspecified atom stereocenters. The van der Waals surface area contributed by atoms with Gasteiger partial charge in [-0.1, -0.05) is 12.1 Å². The number of rotatable bonds is 6. The van der Waals surface area contributed by atoms with Crippen LogP contribution in [0.25, 0.3) is 22.2 Å². The van der Waals surface area contributed by atoms with Gasteiger partial charge in [-0.3, -0.25) is 14.3 Å². The Bertz CT molecular complexity index is 1280. The molecule has 0 saturated heterocycles. The maximum absolute atomic E-state index is 12.5. The normalized spacial score (nSPS) is 10.7. The van der Waals surface area contributed by atoms with Gasteiger partial charge in [-0.05, 0) is 30.3 Å². The summed E-state index contributed by atoms with van der Waals surface area (Å²) >= 11 is 1.32. The van der Waals surface area contributed by atoms with Gasteiger partial charge >= 0.3 is 0 Å². The summed E-state index contributed by atoms with van der Waals surface area (Å²) in [4.78, 5) is 28.9. The quantitative estimate of drug-likeness (QED) is 0.513. The van der Waals surface area contributed by atoms with Crippen LogP contribution in [-0.4, -0.2) is 34.9 Å². The van der Waals surface area contributed by atoms with E-state index in [0.29, 0.717) is 33.2 Å². The molecular formula is C21H18N4O4S. The Balaban J connectivity index is 1.51. The maximum atomic E-state index is 12.5. The zero-order valence-electron chi connectivity index (χ0n) is 16.3. The molecule has 9 heteroatoms. The van der Waals surface area contributed by atoms with E-state index >= 15 is 0 Å². The molecule has 1 amide bonds. The number of nitrogens with zero attached hydrogens (tertiary/aromatic N) is 3. The SMILES string of the molecule is COc1ccc(-c2csc(NC(=O)Cn3ncc(=O)c4ccccc43)n2)cc1OC. The fourth-order valence-corrected chi connectivity index (χ4v) is 3.78. The summed E-state index contributed by atoms with van der Waals surface area (Å²) < 4.78 is 12.1. The first kappa shape index (κ1) is 19.6. The second-order valence-corrected chi connectivity index (χ2v) is 7.20. The standard InChI is InChI=1S/C21H18N4O4S/c1-28-18-8-7-13(9-19(18)29-2)15-12-30-21(23-15)24-20(27)11-25-16-6-4-3-5-14(16)17(26)10-22-25/h3-10,12H,11H2,1-2H3,(H,23,24,27). The summed E-state index contributed by atoms with van der Waals surface area (Å²) in [7, 11) is 3.15. The van der Waals surface area contributed by atoms with Crippen LogP contribution in [0.3, 0.4) is 0 Å². The minimum Gasteiger partial charge on any atom is -0.493 e. The molecular weight excluding hydrogens is 404 g/mol. The molecule has 30 heavy (non-hydrogen) atoms. The van der Waals surface area contributed by atoms with Crippen LogP contribution in [0.4, 0.5) is 5.13 Å². The second-order valence-electron chi connectivity index (χ2n) is 6.34. The molecule has 0 fully saturated rings. The highest BCUT2D eigenvalue weighted by molar-refractivity contribution is 7.14. The molecule has 152 valence electrons. The Morgan fingerprint density at radius 2 is 1.93 bits per heavy atom. The van der Waals surface area contributed by atoms with E-state index in [-0.39, 0.29) is 17.9 Å². The molecule has 2 aromatic heterocycles. The lowest BCUT2D eigenvalue weighted by Crippen LogP contribution is -2.22. The van der Waals surface area contributed by atoms with Crippen molar-refractivity contribution in [3.63, 3.8) is 0 Å². The van der Waals surface area contributed by atoms with Crippen molar-refractivity contribution in [2.75, 3.05) is 19.5 Å². The van der Waals surface area contributed by atoms with Crippen LogP contribution in [0.15, 0.2) is 58.8 Å². The van der Waals surface area contributed by atoms with Gasteiger partial charge in [0.1, 0.15) is 6.54 Å². The molecule has 0 saturated carbocycles. The van der Waals surface area contributed by atoms with E-state index in [1.54, 1.807) is 44.6 Å². The van der Waals surface area contributed by atoms with Crippen molar-refractivity contribution in [2.24, 2.45) is 0 Å². The van der Waals surface area contributed by atoms with E-state index in [2.05, 4.69) is 15.4 Å². The molecule has 1 N–H and O–H groups in total. The highest BCUT2D eigenvalue weighted by atomic mass is 32.1. The fraction of sp³-hybridized carbons (Fsp3) is 0.143. The predicted molar refractivity (Wildman–Crippen MR) is 115 cm³/mol. The first-order chi connectivity index (χ1) is 14.6. The number of nitrogens with one attached hydrogen (secondary N) is 1. The predicted octanol–water partition coefficient (Wildman–Crippen LogP) is 3.18. The number of anilines is 1. The van der Waals surface area contributed by atoms with Crippen molar-refractivity contribution < 1.29 is 14.3 Å². The van der Waals surface area contributed by atoms with Crippen LogP contribution in [-0.2, 0) is 11.3 Å². The number of carbonyl (C=O) groups is 1. The van der Waals surface area contributed by atoms with Crippen LogP contribution < -0.4 is 20.2 Å². The lowest BCUT2D eigenvalue weighted by molar-refractivity contribution is -0.116. The van der Waals surface area contributed by atoms with Gasteiger partial charge in [0, 0.05) is 16.3 Å². The van der Waals surface area contributed by atoms with Crippen LogP contribution in [0.1, 0.15) is 0 Å². The third-order valence-electron chi connectivity index (χ3n) is 4.49. The van der Waals surface area contributed by atoms with Crippen molar-refractivity contribution in [1.82, 2.24) is 14.8 Å². The molecule has 8 nitrogen and oxygen atoms in total. The number of fused-ring (bicyclic) bond motifs is 1. The average Bonchev–Trinajstić information content (AvgIpc) is 3.23. The largest absolute Gasteiger partial charge is 0.493 e. The summed E-state index contributed by atoms with van der Waals surface area (Å²) in [5.41, 5.74) is 1.98. The molecule has 2 heterocycles. The van der Waals surface area contributed by atoms with Gasteiger partial charge in [-0.25, -0.2) is 4.98 Å². The highest BCUT2D eigenvalue weighted by Crippen LogP contribution is 2.33. The van der Waals surface area contributed by atoms with Gasteiger partial charge in [0.2, 0.25) is 11.3 Å². The van der Waals surface area contributed by atoms with Gasteiger partial charge in [0.25, 0.3) is 0 Å². The Morgan fingerprint density at radius 1 is 1.13 bits per heavy atom. The lowest BCUT2D eigenvalue weighted by Gasteiger charge is -2.09. The minimum atomic E-state index is -0.287. The molecule has 0 bridgehead atoms. The zero-order chi connectivity index (χ0) is 21.1. The summed E-state index contributed by atoms with van der Waals surface area (Å²) in [5.74, 6) is 0.945. The highest BCUT2D eigenvalue weighted by Gasteiger charge is 2.12. The molecule has 2 aromatic carbocycles. The molecule has 0 aliphatic carbocycles. The number of thiazole rings is 1. The Morgan fingerprint density at radius 3 is 2.73 bits per heavy atom. The monoisotopic (exact) mass is 422 g/mol. The van der Waals surface area contributed by atoms with E-state index in [9.17, 15) is 9.59 Å². The Hall–Kier alpha value is -3.72. The first-order valence-electron chi connectivity index (χ1n) is 9.01. The summed E-state index contributed by atoms with van der Waals surface area (Å²) in [6.07, 6.45) is 1.22. The molecule has 0 spiro atoms. The average molecular weight is 422 g/mol. The third-order valence-corrected chi connectivity index (χ3v) is 5.24. The van der Waals surface area contributed by atoms with Gasteiger partial charge in [-0.15, -0.1) is 11.3 Å². The summed E-state index contributed by atoms with van der Waals surface area (Å²) in [6, 6.07) is 12.6. The smallest absolute Gasteiger partial charge is 0.247 e. The van der Waals surface area contributed by atoms with E-state index < -0.39 is 0 Å². The number of aromatic nitrogens is 3. The molecule has 4 aromatic rings. The van der Waals surface area contributed by atoms with Crippen LogP contribution in [0, 0.1) is 0 Å². The third kappa shape index (κ3) is 3.87. The molecule has 0 atom stereocenters. The number of para-hydroxylation sites is 1. The number of hydrogen-bond acceptors (Lipinski definition) is 7. The maximum Gasteiger partial charge on any atom is 0.247 e. The van der Waals surface area contributed by atoms with Gasteiger partial charge < -0.3 is 14.8 Å². The zero-order valence-corrected chi connectivity index (χ0v) is 17.1. The van der Waals surface area contributed by atoms with Crippen LogP contribution in [0.5, 0.6) is 11.5 Å². The number of methoxy groups -OCH3 is 2. The first-order valence-corrected chi connectivity index (χ1v) is 9.89. The van der Waals surface area contributed by atoms with Crippen LogP contribution in [0.2, 0.25) is 0 Å². The molecule has 0 aliphatic rings. The van der Waals surface area contributed by atoms with Crippen molar-refractivity contribution in [3.8, 4) is 22.8 Å². The van der Waals surface area contributed by atoms with Crippen molar-refractivity contribution in [3.05, 3.63) is 64.3 Å². The number of carbonyl (C=O) groups excluding carboxylic acids is 1. The second kappa shape index (κ2) is 8.34. The van der Waals surface area contributed by atoms with E-state index in [0.717, 1.165) is 5.56 Å². The number of hydrogen-bond donors (Lipinski definition) is 1. The minimum absolute atomic E-state index is 0.0356.